The third-order valence-corrected chi connectivity index (χ3v) is 3.43. The zero-order valence-corrected chi connectivity index (χ0v) is 14.8. The summed E-state index contributed by atoms with van der Waals surface area (Å²) in [6.07, 6.45) is 1.20. The fourth-order valence-electron chi connectivity index (χ4n) is 2.19. The van der Waals surface area contributed by atoms with Gasteiger partial charge in [0.05, 0.1) is 30.5 Å². The van der Waals surface area contributed by atoms with Gasteiger partial charge in [0.1, 0.15) is 13.0 Å². The molecule has 0 unspecified atom stereocenters. The maximum absolute atomic E-state index is 11.2. The average Bonchev–Trinajstić information content (AvgIpc) is 2.68. The van der Waals surface area contributed by atoms with Gasteiger partial charge in [-0.1, -0.05) is 18.2 Å². The van der Waals surface area contributed by atoms with Crippen LogP contribution in [-0.2, 0) is 11.4 Å². The number of carbonyl (C=O) groups is 1. The van der Waals surface area contributed by atoms with Crippen LogP contribution in [0.2, 0.25) is 0 Å². The van der Waals surface area contributed by atoms with Gasteiger partial charge in [0.15, 0.2) is 11.5 Å². The quantitative estimate of drug-likeness (QED) is 0.574. The van der Waals surface area contributed by atoms with Crippen LogP contribution in [0.3, 0.4) is 0 Å². The zero-order valence-electron chi connectivity index (χ0n) is 14.8. The van der Waals surface area contributed by atoms with Gasteiger partial charge in [0, 0.05) is 5.56 Å². The Morgan fingerprint density at radius 2 is 2.00 bits per heavy atom. The van der Waals surface area contributed by atoms with E-state index in [9.17, 15) is 4.79 Å². The molecule has 2 rings (SSSR count). The second-order valence-corrected chi connectivity index (χ2v) is 5.32. The molecule has 0 heterocycles. The number of rotatable bonds is 8. The minimum atomic E-state index is -0.477. The maximum Gasteiger partial charge on any atom is 0.254 e. The molecule has 0 radical (unpaired) electrons. The number of ether oxygens (including phenoxy) is 2. The number of hydrogen-bond acceptors (Lipinski definition) is 6. The van der Waals surface area contributed by atoms with E-state index in [-0.39, 0.29) is 13.0 Å². The first-order valence-electron chi connectivity index (χ1n) is 8.24. The SMILES string of the molecule is CCOc1cc(C=NNC(=O)CC#N)ccc1OCc1ccccc1C#N. The van der Waals surface area contributed by atoms with Crippen LogP contribution in [-0.4, -0.2) is 18.7 Å². The number of hydrogen-bond donors (Lipinski definition) is 1. The van der Waals surface area contributed by atoms with Gasteiger partial charge in [-0.15, -0.1) is 0 Å². The van der Waals surface area contributed by atoms with Gasteiger partial charge in [0.2, 0.25) is 0 Å². The van der Waals surface area contributed by atoms with Crippen LogP contribution < -0.4 is 14.9 Å². The van der Waals surface area contributed by atoms with Crippen molar-refractivity contribution in [2.45, 2.75) is 20.0 Å². The number of nitrogens with one attached hydrogen (secondary N) is 1. The van der Waals surface area contributed by atoms with Gasteiger partial charge >= 0.3 is 0 Å². The summed E-state index contributed by atoms with van der Waals surface area (Å²) in [6, 6.07) is 16.3. The molecule has 7 heteroatoms. The van der Waals surface area contributed by atoms with Gasteiger partial charge in [-0.05, 0) is 36.8 Å². The molecule has 0 fully saturated rings. The highest BCUT2D eigenvalue weighted by molar-refractivity contribution is 5.83. The molecule has 136 valence electrons. The third-order valence-electron chi connectivity index (χ3n) is 3.43. The summed E-state index contributed by atoms with van der Waals surface area (Å²) >= 11 is 0. The molecule has 0 saturated carbocycles. The highest BCUT2D eigenvalue weighted by atomic mass is 16.5. The Morgan fingerprint density at radius 1 is 1.19 bits per heavy atom. The fourth-order valence-corrected chi connectivity index (χ4v) is 2.19. The summed E-state index contributed by atoms with van der Waals surface area (Å²) in [6.45, 7) is 2.55. The summed E-state index contributed by atoms with van der Waals surface area (Å²) in [7, 11) is 0. The lowest BCUT2D eigenvalue weighted by molar-refractivity contribution is -0.120. The minimum Gasteiger partial charge on any atom is -0.490 e. The zero-order chi connectivity index (χ0) is 19.5. The average molecular weight is 362 g/mol. The normalized spacial score (nSPS) is 10.0. The van der Waals surface area contributed by atoms with Crippen molar-refractivity contribution in [1.29, 1.82) is 10.5 Å². The topological polar surface area (TPSA) is 108 Å². The van der Waals surface area contributed by atoms with Crippen LogP contribution in [0.15, 0.2) is 47.6 Å². The van der Waals surface area contributed by atoms with Crippen molar-refractivity contribution >= 4 is 12.1 Å². The second kappa shape index (κ2) is 10.2. The lowest BCUT2D eigenvalue weighted by Crippen LogP contribution is -2.16. The number of hydrazone groups is 1. The van der Waals surface area contributed by atoms with Gasteiger partial charge in [-0.2, -0.15) is 15.6 Å². The van der Waals surface area contributed by atoms with Crippen molar-refractivity contribution in [2.75, 3.05) is 6.61 Å². The van der Waals surface area contributed by atoms with E-state index in [0.717, 1.165) is 5.56 Å². The molecule has 1 amide bonds. The van der Waals surface area contributed by atoms with Crippen molar-refractivity contribution in [2.24, 2.45) is 5.10 Å². The van der Waals surface area contributed by atoms with Crippen molar-refractivity contribution in [3.63, 3.8) is 0 Å². The van der Waals surface area contributed by atoms with E-state index < -0.39 is 5.91 Å². The first kappa shape index (κ1) is 19.5. The first-order chi connectivity index (χ1) is 13.2. The highest BCUT2D eigenvalue weighted by Gasteiger charge is 2.08. The standard InChI is InChI=1S/C20H18N4O3/c1-2-26-19-11-15(13-23-24-20(25)9-10-21)7-8-18(19)27-14-17-6-4-3-5-16(17)12-22/h3-8,11,13H,2,9,14H2,1H3,(H,24,25). The lowest BCUT2D eigenvalue weighted by atomic mass is 10.1. The maximum atomic E-state index is 11.2. The first-order valence-corrected chi connectivity index (χ1v) is 8.24. The minimum absolute atomic E-state index is 0.238. The molecule has 2 aromatic rings. The molecular formula is C20H18N4O3. The van der Waals surface area contributed by atoms with E-state index in [1.807, 2.05) is 19.1 Å². The van der Waals surface area contributed by atoms with E-state index in [1.165, 1.54) is 6.21 Å². The number of benzene rings is 2. The molecule has 0 bridgehead atoms. The lowest BCUT2D eigenvalue weighted by Gasteiger charge is -2.13. The fraction of sp³-hybridized carbons (Fsp3) is 0.200. The predicted molar refractivity (Wildman–Crippen MR) is 99.1 cm³/mol. The summed E-state index contributed by atoms with van der Waals surface area (Å²) < 4.78 is 11.4. The molecule has 7 nitrogen and oxygen atoms in total. The predicted octanol–water partition coefficient (Wildman–Crippen LogP) is 2.90. The van der Waals surface area contributed by atoms with E-state index in [4.69, 9.17) is 20.0 Å². The molecule has 2 aromatic carbocycles. The summed E-state index contributed by atoms with van der Waals surface area (Å²) in [4.78, 5) is 11.2. The number of nitriles is 2. The molecule has 0 aliphatic rings. The van der Waals surface area contributed by atoms with Crippen molar-refractivity contribution in [3.8, 4) is 23.6 Å². The van der Waals surface area contributed by atoms with Crippen LogP contribution in [0.4, 0.5) is 0 Å². The number of carbonyl (C=O) groups excluding carboxylic acids is 1. The van der Waals surface area contributed by atoms with Crippen LogP contribution >= 0.6 is 0 Å². The van der Waals surface area contributed by atoms with Gasteiger partial charge < -0.3 is 9.47 Å². The van der Waals surface area contributed by atoms with Gasteiger partial charge in [-0.3, -0.25) is 4.79 Å². The third kappa shape index (κ3) is 5.87. The molecule has 27 heavy (non-hydrogen) atoms. The molecule has 1 N–H and O–H groups in total. The molecule has 0 aliphatic heterocycles. The molecule has 0 saturated heterocycles. The Balaban J connectivity index is 2.11. The summed E-state index contributed by atoms with van der Waals surface area (Å²) in [5, 5.41) is 21.4. The molecule has 0 aliphatic carbocycles. The second-order valence-electron chi connectivity index (χ2n) is 5.32. The van der Waals surface area contributed by atoms with E-state index in [2.05, 4.69) is 16.6 Å². The highest BCUT2D eigenvalue weighted by Crippen LogP contribution is 2.29. The van der Waals surface area contributed by atoms with Crippen molar-refractivity contribution < 1.29 is 14.3 Å². The Morgan fingerprint density at radius 3 is 2.74 bits per heavy atom. The van der Waals surface area contributed by atoms with Crippen LogP contribution in [0.5, 0.6) is 11.5 Å². The van der Waals surface area contributed by atoms with Crippen LogP contribution in [0, 0.1) is 22.7 Å². The Hall–Kier alpha value is -3.84. The summed E-state index contributed by atoms with van der Waals surface area (Å²) in [5.74, 6) is 0.587. The molecule has 0 atom stereocenters. The molecule has 0 spiro atoms. The molecule has 0 aromatic heterocycles. The largest absolute Gasteiger partial charge is 0.490 e. The Labute approximate surface area is 157 Å². The van der Waals surface area contributed by atoms with E-state index in [1.54, 1.807) is 36.4 Å². The number of nitrogens with zero attached hydrogens (tertiary/aromatic N) is 3. The Bertz CT molecular complexity index is 910. The smallest absolute Gasteiger partial charge is 0.254 e. The van der Waals surface area contributed by atoms with Crippen molar-refractivity contribution in [3.05, 3.63) is 59.2 Å². The monoisotopic (exact) mass is 362 g/mol. The number of amides is 1. The van der Waals surface area contributed by atoms with Gasteiger partial charge in [-0.25, -0.2) is 5.43 Å². The summed E-state index contributed by atoms with van der Waals surface area (Å²) in [5.41, 5.74) is 4.31. The Kier molecular flexibility index (Phi) is 7.37. The van der Waals surface area contributed by atoms with E-state index >= 15 is 0 Å². The van der Waals surface area contributed by atoms with Crippen LogP contribution in [0.1, 0.15) is 30.0 Å². The van der Waals surface area contributed by atoms with Gasteiger partial charge in [0.25, 0.3) is 5.91 Å². The molecular weight excluding hydrogens is 344 g/mol. The van der Waals surface area contributed by atoms with Crippen molar-refractivity contribution in [1.82, 2.24) is 5.43 Å². The van der Waals surface area contributed by atoms with E-state index in [0.29, 0.717) is 29.2 Å². The van der Waals surface area contributed by atoms with Crippen LogP contribution in [0.25, 0.3) is 0 Å².